The second-order valence-electron chi connectivity index (χ2n) is 4.43. The van der Waals surface area contributed by atoms with Gasteiger partial charge in [-0.1, -0.05) is 0 Å². The molecule has 3 rings (SSSR count). The first-order valence-electron chi connectivity index (χ1n) is 5.47. The van der Waals surface area contributed by atoms with E-state index in [1.54, 1.807) is 11.8 Å². The number of piperidine rings is 1. The number of rotatable bonds is 2. The molecule has 3 heterocycles. The van der Waals surface area contributed by atoms with E-state index in [9.17, 15) is 0 Å². The largest absolute Gasteiger partial charge is 0.302 e. The Labute approximate surface area is 98.6 Å². The summed E-state index contributed by atoms with van der Waals surface area (Å²) in [4.78, 5) is 2.59. The predicted octanol–water partition coefficient (Wildman–Crippen LogP) is 2.07. The van der Waals surface area contributed by atoms with Gasteiger partial charge in [0.1, 0.15) is 5.03 Å². The zero-order valence-electron chi connectivity index (χ0n) is 8.85. The third-order valence-corrected chi connectivity index (χ3v) is 4.94. The van der Waals surface area contributed by atoms with Crippen LogP contribution in [-0.2, 0) is 0 Å². The molecule has 0 radical (unpaired) electrons. The van der Waals surface area contributed by atoms with Gasteiger partial charge in [-0.05, 0) is 31.6 Å². The van der Waals surface area contributed by atoms with Crippen LogP contribution in [0.15, 0.2) is 5.03 Å². The summed E-state index contributed by atoms with van der Waals surface area (Å²) in [5.41, 5.74) is 1.28. The van der Waals surface area contributed by atoms with Gasteiger partial charge in [-0.25, -0.2) is 0 Å². The van der Waals surface area contributed by atoms with E-state index in [0.29, 0.717) is 5.92 Å². The molecular formula is C10H15N3S2. The normalized spacial score (nSPS) is 34.6. The van der Waals surface area contributed by atoms with E-state index in [-0.39, 0.29) is 0 Å². The third kappa shape index (κ3) is 1.70. The van der Waals surface area contributed by atoms with E-state index in [1.165, 1.54) is 54.9 Å². The lowest BCUT2D eigenvalue weighted by Crippen LogP contribution is -2.25. The molecule has 0 amide bonds. The van der Waals surface area contributed by atoms with E-state index in [2.05, 4.69) is 19.9 Å². The minimum atomic E-state index is 0.661. The Morgan fingerprint density at radius 1 is 1.40 bits per heavy atom. The molecule has 0 aromatic carbocycles. The molecule has 2 aliphatic heterocycles. The van der Waals surface area contributed by atoms with Crippen LogP contribution in [0.3, 0.4) is 0 Å². The maximum Gasteiger partial charge on any atom is 0.133 e. The van der Waals surface area contributed by atoms with Crippen molar-refractivity contribution < 1.29 is 0 Å². The fourth-order valence-electron chi connectivity index (χ4n) is 2.88. The molecule has 15 heavy (non-hydrogen) atoms. The molecule has 0 N–H and O–H groups in total. The van der Waals surface area contributed by atoms with E-state index >= 15 is 0 Å². The van der Waals surface area contributed by atoms with Crippen molar-refractivity contribution in [1.29, 1.82) is 0 Å². The van der Waals surface area contributed by atoms with Crippen LogP contribution in [-0.4, -0.2) is 39.5 Å². The first kappa shape index (κ1) is 10.1. The molecule has 1 aromatic heterocycles. The summed E-state index contributed by atoms with van der Waals surface area (Å²) in [7, 11) is 0. The van der Waals surface area contributed by atoms with Crippen LogP contribution < -0.4 is 0 Å². The number of thioether (sulfide) groups is 1. The SMILES string of the molecule is CSc1nsnc1[C@@H]1CN2CCC[C@@H]1C2. The molecule has 2 saturated heterocycles. The molecule has 2 aliphatic rings. The molecule has 0 spiro atoms. The van der Waals surface area contributed by atoms with Crippen LogP contribution in [0.1, 0.15) is 24.5 Å². The van der Waals surface area contributed by atoms with Crippen molar-refractivity contribution >= 4 is 23.5 Å². The highest BCUT2D eigenvalue weighted by Crippen LogP contribution is 2.40. The Morgan fingerprint density at radius 3 is 3.13 bits per heavy atom. The monoisotopic (exact) mass is 241 g/mol. The van der Waals surface area contributed by atoms with Gasteiger partial charge in [0.2, 0.25) is 0 Å². The summed E-state index contributed by atoms with van der Waals surface area (Å²) in [6, 6.07) is 0. The number of aromatic nitrogens is 2. The minimum absolute atomic E-state index is 0.661. The van der Waals surface area contributed by atoms with Crippen molar-refractivity contribution in [1.82, 2.24) is 13.6 Å². The van der Waals surface area contributed by atoms with Crippen LogP contribution in [0, 0.1) is 5.92 Å². The zero-order valence-corrected chi connectivity index (χ0v) is 10.5. The van der Waals surface area contributed by atoms with E-state index in [4.69, 9.17) is 0 Å². The topological polar surface area (TPSA) is 29.0 Å². The quantitative estimate of drug-likeness (QED) is 0.741. The van der Waals surface area contributed by atoms with E-state index in [1.807, 2.05) is 0 Å². The Hall–Kier alpha value is -0.130. The molecule has 3 atom stereocenters. The fraction of sp³-hybridized carbons (Fsp3) is 0.800. The standard InChI is InChI=1S/C10H15N3S2/c1-14-10-9(11-15-12-10)8-6-13-4-2-3-7(8)5-13/h7-8H,2-6H2,1H3/t7-,8-/m1/s1. The highest BCUT2D eigenvalue weighted by atomic mass is 32.2. The van der Waals surface area contributed by atoms with Gasteiger partial charge in [-0.2, -0.15) is 8.75 Å². The van der Waals surface area contributed by atoms with Crippen molar-refractivity contribution in [2.45, 2.75) is 23.8 Å². The molecule has 0 saturated carbocycles. The molecule has 5 heteroatoms. The van der Waals surface area contributed by atoms with E-state index < -0.39 is 0 Å². The van der Waals surface area contributed by atoms with Gasteiger partial charge in [-0.15, -0.1) is 11.8 Å². The Morgan fingerprint density at radius 2 is 2.33 bits per heavy atom. The van der Waals surface area contributed by atoms with Gasteiger partial charge in [0, 0.05) is 19.0 Å². The van der Waals surface area contributed by atoms with Gasteiger partial charge >= 0.3 is 0 Å². The van der Waals surface area contributed by atoms with Crippen LogP contribution in [0.25, 0.3) is 0 Å². The summed E-state index contributed by atoms with van der Waals surface area (Å²) in [5.74, 6) is 1.50. The number of fused-ring (bicyclic) bond motifs is 2. The molecule has 1 unspecified atom stereocenters. The van der Waals surface area contributed by atoms with Crippen LogP contribution in [0.5, 0.6) is 0 Å². The first-order chi connectivity index (χ1) is 7.38. The summed E-state index contributed by atoms with van der Waals surface area (Å²) in [6.45, 7) is 3.79. The second kappa shape index (κ2) is 4.03. The fourth-order valence-corrected chi connectivity index (χ4v) is 4.26. The Balaban J connectivity index is 1.88. The summed E-state index contributed by atoms with van der Waals surface area (Å²) >= 11 is 3.11. The van der Waals surface area contributed by atoms with Crippen LogP contribution in [0.4, 0.5) is 0 Å². The number of hydrogen-bond donors (Lipinski definition) is 0. The molecule has 82 valence electrons. The van der Waals surface area contributed by atoms with Crippen molar-refractivity contribution in [3.8, 4) is 0 Å². The van der Waals surface area contributed by atoms with E-state index in [0.717, 1.165) is 5.92 Å². The molecule has 3 nitrogen and oxygen atoms in total. The minimum Gasteiger partial charge on any atom is -0.302 e. The molecular weight excluding hydrogens is 226 g/mol. The summed E-state index contributed by atoms with van der Waals surface area (Å²) in [6.07, 6.45) is 4.85. The predicted molar refractivity (Wildman–Crippen MR) is 63.6 cm³/mol. The van der Waals surface area contributed by atoms with Crippen LogP contribution >= 0.6 is 23.5 Å². The van der Waals surface area contributed by atoms with Gasteiger partial charge in [0.05, 0.1) is 17.4 Å². The van der Waals surface area contributed by atoms with Crippen LogP contribution in [0.2, 0.25) is 0 Å². The Kier molecular flexibility index (Phi) is 2.70. The molecule has 1 aromatic rings. The summed E-state index contributed by atoms with van der Waals surface area (Å²) in [5, 5.41) is 1.17. The average Bonchev–Trinajstić information content (AvgIpc) is 2.83. The lowest BCUT2D eigenvalue weighted by atomic mass is 9.89. The highest BCUT2D eigenvalue weighted by Gasteiger charge is 2.38. The average molecular weight is 241 g/mol. The van der Waals surface area contributed by atoms with Crippen molar-refractivity contribution in [2.24, 2.45) is 5.92 Å². The highest BCUT2D eigenvalue weighted by molar-refractivity contribution is 7.98. The van der Waals surface area contributed by atoms with Gasteiger partial charge in [0.15, 0.2) is 0 Å². The molecule has 2 bridgehead atoms. The number of nitrogens with zero attached hydrogens (tertiary/aromatic N) is 3. The maximum absolute atomic E-state index is 4.51. The lowest BCUT2D eigenvalue weighted by Gasteiger charge is -2.21. The van der Waals surface area contributed by atoms with Crippen molar-refractivity contribution in [3.05, 3.63) is 5.69 Å². The van der Waals surface area contributed by atoms with Gasteiger partial charge in [-0.3, -0.25) is 0 Å². The lowest BCUT2D eigenvalue weighted by molar-refractivity contribution is 0.269. The van der Waals surface area contributed by atoms with Crippen molar-refractivity contribution in [3.63, 3.8) is 0 Å². The second-order valence-corrected chi connectivity index (χ2v) is 5.75. The third-order valence-electron chi connectivity index (χ3n) is 3.59. The Bertz CT molecular complexity index is 352. The van der Waals surface area contributed by atoms with Gasteiger partial charge in [0.25, 0.3) is 0 Å². The van der Waals surface area contributed by atoms with Gasteiger partial charge < -0.3 is 4.90 Å². The smallest absolute Gasteiger partial charge is 0.133 e. The maximum atomic E-state index is 4.51. The number of hydrogen-bond acceptors (Lipinski definition) is 5. The molecule has 2 fully saturated rings. The zero-order chi connectivity index (χ0) is 10.3. The summed E-state index contributed by atoms with van der Waals surface area (Å²) < 4.78 is 8.88. The molecule has 0 aliphatic carbocycles. The first-order valence-corrected chi connectivity index (χ1v) is 7.43. The van der Waals surface area contributed by atoms with Crippen molar-refractivity contribution in [2.75, 3.05) is 25.9 Å².